The third kappa shape index (κ3) is 2.98. The van der Waals surface area contributed by atoms with Crippen LogP contribution in [0, 0.1) is 0 Å². The second-order valence-corrected chi connectivity index (χ2v) is 3.21. The Hall–Kier alpha value is -1.50. The van der Waals surface area contributed by atoms with E-state index in [1.54, 1.807) is 0 Å². The first kappa shape index (κ1) is 11.6. The smallest absolute Gasteiger partial charge is 0.0445 e. The van der Waals surface area contributed by atoms with Crippen LogP contribution in [0.25, 0.3) is 5.70 Å². The minimum Gasteiger partial charge on any atom is -0.381 e. The summed E-state index contributed by atoms with van der Waals surface area (Å²) < 4.78 is 0. The van der Waals surface area contributed by atoms with E-state index in [9.17, 15) is 0 Å². The van der Waals surface area contributed by atoms with Crippen LogP contribution in [-0.4, -0.2) is 6.54 Å². The van der Waals surface area contributed by atoms with Gasteiger partial charge in [0.2, 0.25) is 0 Å². The predicted octanol–water partition coefficient (Wildman–Crippen LogP) is 3.60. The van der Waals surface area contributed by atoms with Crippen LogP contribution in [0.4, 0.5) is 0 Å². The van der Waals surface area contributed by atoms with E-state index >= 15 is 0 Å². The lowest BCUT2D eigenvalue weighted by atomic mass is 10.1. The molecule has 0 saturated carbocycles. The molecule has 1 aliphatic rings. The molecule has 1 heterocycles. The first-order chi connectivity index (χ1) is 7.38. The van der Waals surface area contributed by atoms with Crippen LogP contribution in [0.2, 0.25) is 0 Å². The van der Waals surface area contributed by atoms with E-state index in [1.165, 1.54) is 16.8 Å². The van der Waals surface area contributed by atoms with Gasteiger partial charge >= 0.3 is 0 Å². The summed E-state index contributed by atoms with van der Waals surface area (Å²) >= 11 is 0. The molecular weight excluding hydrogens is 182 g/mol. The van der Waals surface area contributed by atoms with Gasteiger partial charge in [-0.3, -0.25) is 0 Å². The van der Waals surface area contributed by atoms with Gasteiger partial charge in [0.15, 0.2) is 0 Å². The highest BCUT2D eigenvalue weighted by Gasteiger charge is 2.04. The molecular formula is C14H19N. The van der Waals surface area contributed by atoms with E-state index in [0.29, 0.717) is 0 Å². The van der Waals surface area contributed by atoms with E-state index < -0.39 is 0 Å². The summed E-state index contributed by atoms with van der Waals surface area (Å²) in [5.41, 5.74) is 3.82. The number of benzene rings is 1. The monoisotopic (exact) mass is 201 g/mol. The molecule has 2 rings (SSSR count). The molecule has 0 aromatic heterocycles. The molecule has 1 nitrogen and oxygen atoms in total. The van der Waals surface area contributed by atoms with Crippen molar-refractivity contribution in [2.75, 3.05) is 6.54 Å². The molecule has 1 heteroatoms. The molecule has 15 heavy (non-hydrogen) atoms. The maximum atomic E-state index is 3.38. The molecule has 0 fully saturated rings. The lowest BCUT2D eigenvalue weighted by Crippen LogP contribution is -2.16. The molecule has 0 radical (unpaired) electrons. The molecule has 0 amide bonds. The van der Waals surface area contributed by atoms with Gasteiger partial charge in [0.25, 0.3) is 0 Å². The first-order valence-corrected chi connectivity index (χ1v) is 5.54. The van der Waals surface area contributed by atoms with Gasteiger partial charge in [-0.25, -0.2) is 0 Å². The van der Waals surface area contributed by atoms with E-state index in [4.69, 9.17) is 0 Å². The zero-order valence-electron chi connectivity index (χ0n) is 9.75. The van der Waals surface area contributed by atoms with E-state index in [1.807, 2.05) is 19.9 Å². The lowest BCUT2D eigenvalue weighted by Gasteiger charge is -2.15. The summed E-state index contributed by atoms with van der Waals surface area (Å²) in [4.78, 5) is 0. The second-order valence-electron chi connectivity index (χ2n) is 3.21. The highest BCUT2D eigenvalue weighted by atomic mass is 14.9. The van der Waals surface area contributed by atoms with Gasteiger partial charge < -0.3 is 5.32 Å². The fraction of sp³-hybridized carbons (Fsp3) is 0.286. The van der Waals surface area contributed by atoms with Crippen molar-refractivity contribution in [1.29, 1.82) is 0 Å². The van der Waals surface area contributed by atoms with Crippen molar-refractivity contribution in [3.05, 3.63) is 53.6 Å². The van der Waals surface area contributed by atoms with Crippen LogP contribution >= 0.6 is 0 Å². The van der Waals surface area contributed by atoms with Gasteiger partial charge in [0.1, 0.15) is 0 Å². The van der Waals surface area contributed by atoms with E-state index in [-0.39, 0.29) is 0 Å². The largest absolute Gasteiger partial charge is 0.381 e. The topological polar surface area (TPSA) is 12.0 Å². The van der Waals surface area contributed by atoms with Crippen LogP contribution in [0.5, 0.6) is 0 Å². The second kappa shape index (κ2) is 6.07. The van der Waals surface area contributed by atoms with Crippen molar-refractivity contribution in [3.63, 3.8) is 0 Å². The number of nitrogens with one attached hydrogen (secondary N) is 1. The van der Waals surface area contributed by atoms with Crippen molar-refractivity contribution >= 4 is 5.70 Å². The van der Waals surface area contributed by atoms with Crippen molar-refractivity contribution in [2.24, 2.45) is 0 Å². The SMILES string of the molecule is CC.CC1=C(c2ccccc2)NCC=C1. The summed E-state index contributed by atoms with van der Waals surface area (Å²) in [5.74, 6) is 0. The summed E-state index contributed by atoms with van der Waals surface area (Å²) in [7, 11) is 0. The van der Waals surface area contributed by atoms with Crippen molar-refractivity contribution < 1.29 is 0 Å². The molecule has 1 aromatic rings. The molecule has 1 aliphatic heterocycles. The molecule has 0 bridgehead atoms. The van der Waals surface area contributed by atoms with Crippen LogP contribution in [0.1, 0.15) is 26.3 Å². The zero-order chi connectivity index (χ0) is 11.1. The first-order valence-electron chi connectivity index (χ1n) is 5.54. The van der Waals surface area contributed by atoms with Crippen LogP contribution in [-0.2, 0) is 0 Å². The molecule has 1 aromatic carbocycles. The average molecular weight is 201 g/mol. The maximum absolute atomic E-state index is 3.38. The number of allylic oxidation sites excluding steroid dienone is 2. The highest BCUT2D eigenvalue weighted by molar-refractivity contribution is 5.70. The molecule has 0 aliphatic carbocycles. The Morgan fingerprint density at radius 1 is 1.07 bits per heavy atom. The van der Waals surface area contributed by atoms with Crippen molar-refractivity contribution in [3.8, 4) is 0 Å². The molecule has 1 N–H and O–H groups in total. The Morgan fingerprint density at radius 3 is 2.33 bits per heavy atom. The fourth-order valence-electron chi connectivity index (χ4n) is 1.55. The van der Waals surface area contributed by atoms with Gasteiger partial charge in [-0.05, 0) is 18.1 Å². The van der Waals surface area contributed by atoms with E-state index in [2.05, 4.69) is 48.7 Å². The number of hydrogen-bond acceptors (Lipinski definition) is 1. The molecule has 0 spiro atoms. The fourth-order valence-corrected chi connectivity index (χ4v) is 1.55. The minimum atomic E-state index is 0.932. The number of hydrogen-bond donors (Lipinski definition) is 1. The molecule has 0 saturated heterocycles. The van der Waals surface area contributed by atoms with Crippen LogP contribution < -0.4 is 5.32 Å². The van der Waals surface area contributed by atoms with Gasteiger partial charge in [0.05, 0.1) is 0 Å². The summed E-state index contributed by atoms with van der Waals surface area (Å²) in [6.45, 7) is 7.06. The average Bonchev–Trinajstić information content (AvgIpc) is 2.33. The highest BCUT2D eigenvalue weighted by Crippen LogP contribution is 2.18. The van der Waals surface area contributed by atoms with Crippen molar-refractivity contribution in [1.82, 2.24) is 5.32 Å². The zero-order valence-corrected chi connectivity index (χ0v) is 9.75. The summed E-state index contributed by atoms with van der Waals surface area (Å²) in [5, 5.41) is 3.38. The molecule has 0 atom stereocenters. The number of rotatable bonds is 1. The number of dihydropyridines is 1. The van der Waals surface area contributed by atoms with Gasteiger partial charge in [-0.1, -0.05) is 56.3 Å². The Morgan fingerprint density at radius 2 is 1.73 bits per heavy atom. The van der Waals surface area contributed by atoms with Gasteiger partial charge in [-0.2, -0.15) is 0 Å². The summed E-state index contributed by atoms with van der Waals surface area (Å²) in [6, 6.07) is 10.4. The lowest BCUT2D eigenvalue weighted by molar-refractivity contribution is 0.980. The normalized spacial score (nSPS) is 14.1. The van der Waals surface area contributed by atoms with Gasteiger partial charge in [-0.15, -0.1) is 0 Å². The molecule has 80 valence electrons. The Labute approximate surface area is 92.5 Å². The molecule has 0 unspecified atom stereocenters. The van der Waals surface area contributed by atoms with Gasteiger partial charge in [0, 0.05) is 12.2 Å². The van der Waals surface area contributed by atoms with Crippen molar-refractivity contribution in [2.45, 2.75) is 20.8 Å². The summed E-state index contributed by atoms with van der Waals surface area (Å²) in [6.07, 6.45) is 4.31. The predicted molar refractivity (Wildman–Crippen MR) is 67.5 cm³/mol. The van der Waals surface area contributed by atoms with Crippen LogP contribution in [0.15, 0.2) is 48.1 Å². The minimum absolute atomic E-state index is 0.932. The standard InChI is InChI=1S/C12H13N.C2H6/c1-10-6-5-9-13-12(10)11-7-3-2-4-8-11;1-2/h2-8,13H,9H2,1H3;1-2H3. The maximum Gasteiger partial charge on any atom is 0.0445 e. The third-order valence-electron chi connectivity index (χ3n) is 2.22. The Balaban J connectivity index is 0.000000531. The van der Waals surface area contributed by atoms with Crippen LogP contribution in [0.3, 0.4) is 0 Å². The quantitative estimate of drug-likeness (QED) is 0.732. The van der Waals surface area contributed by atoms with E-state index in [0.717, 1.165) is 6.54 Å². The Kier molecular flexibility index (Phi) is 4.69. The Bertz CT molecular complexity index is 347. The third-order valence-corrected chi connectivity index (χ3v) is 2.22.